The van der Waals surface area contributed by atoms with E-state index in [1.54, 1.807) is 12.4 Å². The number of aromatic nitrogens is 4. The summed E-state index contributed by atoms with van der Waals surface area (Å²) in [5.74, 6) is 5.23. The summed E-state index contributed by atoms with van der Waals surface area (Å²) in [5.41, 5.74) is 9.10. The Bertz CT molecular complexity index is 2040. The van der Waals surface area contributed by atoms with Crippen LogP contribution in [0.3, 0.4) is 0 Å². The van der Waals surface area contributed by atoms with Crippen molar-refractivity contribution in [3.63, 3.8) is 0 Å². The maximum atomic E-state index is 15.7. The molecule has 10 nitrogen and oxygen atoms in total. The molecule has 0 saturated heterocycles. The fourth-order valence-corrected chi connectivity index (χ4v) is 6.47. The van der Waals surface area contributed by atoms with Crippen LogP contribution in [0.1, 0.15) is 75.4 Å². The molecule has 1 unspecified atom stereocenters. The second kappa shape index (κ2) is 13.3. The van der Waals surface area contributed by atoms with Crippen molar-refractivity contribution in [2.45, 2.75) is 71.3 Å². The van der Waals surface area contributed by atoms with Gasteiger partial charge in [-0.3, -0.25) is 9.89 Å². The number of aromatic amines is 2. The highest BCUT2D eigenvalue weighted by Gasteiger charge is 2.34. The van der Waals surface area contributed by atoms with Crippen molar-refractivity contribution in [1.82, 2.24) is 25.2 Å². The van der Waals surface area contributed by atoms with Crippen LogP contribution in [0.2, 0.25) is 0 Å². The lowest BCUT2D eigenvalue weighted by molar-refractivity contribution is -0.136. The van der Waals surface area contributed by atoms with Gasteiger partial charge in [-0.25, -0.2) is 19.6 Å². The number of aliphatic carboxylic acids is 1. The van der Waals surface area contributed by atoms with Crippen molar-refractivity contribution in [1.29, 1.82) is 0 Å². The number of nitrogens with two attached hydrogens (primary N) is 2. The molecule has 0 radical (unpaired) electrons. The van der Waals surface area contributed by atoms with Gasteiger partial charge in [0, 0.05) is 52.5 Å². The highest BCUT2D eigenvalue weighted by atomic mass is 19.1. The number of nitrogens with zero attached hydrogens (tertiary/aromatic N) is 3. The Balaban J connectivity index is 1.46. The van der Waals surface area contributed by atoms with Crippen LogP contribution in [-0.2, 0) is 23.2 Å². The van der Waals surface area contributed by atoms with E-state index in [-0.39, 0.29) is 35.9 Å². The number of carboxylic acids is 1. The van der Waals surface area contributed by atoms with Crippen molar-refractivity contribution in [3.05, 3.63) is 107 Å². The number of benzene rings is 3. The van der Waals surface area contributed by atoms with Crippen molar-refractivity contribution in [3.8, 4) is 22.9 Å². The molecule has 0 saturated carbocycles. The summed E-state index contributed by atoms with van der Waals surface area (Å²) in [7, 11) is 0. The minimum absolute atomic E-state index is 0.0129. The van der Waals surface area contributed by atoms with E-state index in [0.29, 0.717) is 35.4 Å². The zero-order chi connectivity index (χ0) is 34.9. The van der Waals surface area contributed by atoms with Crippen molar-refractivity contribution in [2.75, 3.05) is 0 Å². The Morgan fingerprint density at radius 1 is 1.06 bits per heavy atom. The van der Waals surface area contributed by atoms with Crippen LogP contribution in [-0.4, -0.2) is 36.3 Å². The Hall–Kier alpha value is -5.23. The molecule has 3 heterocycles. The smallest absolute Gasteiger partial charge is 0.303 e. The van der Waals surface area contributed by atoms with Crippen molar-refractivity contribution >= 4 is 16.9 Å². The minimum Gasteiger partial charge on any atom is -0.481 e. The number of hydrogen-bond acceptors (Lipinski definition) is 7. The monoisotopic (exact) mass is 669 g/mol. The van der Waals surface area contributed by atoms with Gasteiger partial charge in [0.15, 0.2) is 17.4 Å². The number of halogens is 2. The van der Waals surface area contributed by atoms with Gasteiger partial charge in [0.2, 0.25) is 0 Å². The maximum absolute atomic E-state index is 15.7. The van der Waals surface area contributed by atoms with Crippen LogP contribution in [0.5, 0.6) is 11.5 Å². The number of hydrazine groups is 1. The van der Waals surface area contributed by atoms with E-state index >= 15 is 8.78 Å². The molecular formula is C37H41F2N7O3. The first-order valence-corrected chi connectivity index (χ1v) is 16.3. The molecule has 0 amide bonds. The number of rotatable bonds is 4. The summed E-state index contributed by atoms with van der Waals surface area (Å²) in [4.78, 5) is 19.1. The summed E-state index contributed by atoms with van der Waals surface area (Å²) >= 11 is 0. The van der Waals surface area contributed by atoms with Crippen molar-refractivity contribution in [2.24, 2.45) is 17.0 Å². The van der Waals surface area contributed by atoms with E-state index in [1.165, 1.54) is 29.3 Å². The number of hydrogen-bond donors (Lipinski definition) is 5. The predicted octanol–water partition coefficient (Wildman–Crippen LogP) is 7.42. The Kier molecular flexibility index (Phi) is 9.17. The molecule has 1 atom stereocenters. The zero-order valence-corrected chi connectivity index (χ0v) is 27.8. The zero-order valence-electron chi connectivity index (χ0n) is 27.8. The van der Waals surface area contributed by atoms with Gasteiger partial charge in [0.1, 0.15) is 17.4 Å². The summed E-state index contributed by atoms with van der Waals surface area (Å²) in [6.07, 6.45) is 6.83. The molecule has 7 N–H and O–H groups in total. The van der Waals surface area contributed by atoms with Crippen LogP contribution in [0.25, 0.3) is 22.3 Å². The third-order valence-corrected chi connectivity index (χ3v) is 9.62. The average molecular weight is 670 g/mol. The summed E-state index contributed by atoms with van der Waals surface area (Å²) in [5, 5.41) is 18.9. The Morgan fingerprint density at radius 3 is 2.65 bits per heavy atom. The molecule has 3 aromatic carbocycles. The van der Waals surface area contributed by atoms with E-state index < -0.39 is 28.4 Å². The van der Waals surface area contributed by atoms with Gasteiger partial charge in [-0.1, -0.05) is 51.0 Å². The van der Waals surface area contributed by atoms with E-state index in [2.05, 4.69) is 36.0 Å². The molecular weight excluding hydrogens is 628 g/mol. The number of allylic oxidation sites excluding steroid dienone is 1. The first-order valence-electron chi connectivity index (χ1n) is 16.3. The number of carboxylic acid groups (broad SMARTS) is 1. The molecule has 2 aromatic heterocycles. The molecule has 12 heteroatoms. The highest BCUT2D eigenvalue weighted by molar-refractivity contribution is 5.85. The number of nitrogens with one attached hydrogen (secondary N) is 2. The Morgan fingerprint density at radius 2 is 1.86 bits per heavy atom. The molecule has 0 fully saturated rings. The standard InChI is InChI=1S/C37H41F2N7O3/c1-36(2)14-4-5-15-37(3,23-8-6-7-22(17-23)9-12-32(47)48)35-43-34(44-45-35)26-18-24(10-11-28(26)38)49-33-27(20-46(41)21-31(36)40)25-13-16-42-30(25)19-29(33)39/h6-8,10-11,13,16-19,21,42H,4-5,9,12,14-15,20,40-41H2,1-3H3,(H,47,48)(H,43,44,45)/b31-21-. The quantitative estimate of drug-likeness (QED) is 0.124. The molecule has 1 aliphatic rings. The second-order valence-corrected chi connectivity index (χ2v) is 13.6. The van der Waals surface area contributed by atoms with Crippen LogP contribution >= 0.6 is 0 Å². The Labute approximate surface area is 283 Å². The molecule has 0 spiro atoms. The van der Waals surface area contributed by atoms with Crippen LogP contribution in [0.4, 0.5) is 8.78 Å². The topological polar surface area (TPSA) is 159 Å². The first-order chi connectivity index (χ1) is 23.3. The fraction of sp³-hybridized carbons (Fsp3) is 0.324. The molecule has 0 aliphatic carbocycles. The maximum Gasteiger partial charge on any atom is 0.303 e. The van der Waals surface area contributed by atoms with E-state index in [9.17, 15) is 9.90 Å². The SMILES string of the molecule is CC1(C)CCCCC(C)(c2cccc(CCC(=O)O)c2)c2nc(n[nH]2)-c2cc(ccc2F)Oc2c(F)cc3[nH]ccc3c2CN(N)/C=C/1N. The lowest BCUT2D eigenvalue weighted by atomic mass is 9.75. The summed E-state index contributed by atoms with van der Waals surface area (Å²) in [6, 6.07) is 15.1. The number of H-pyrrole nitrogens is 2. The van der Waals surface area contributed by atoms with Gasteiger partial charge in [0.05, 0.1) is 17.5 Å². The second-order valence-electron chi connectivity index (χ2n) is 13.6. The van der Waals surface area contributed by atoms with Gasteiger partial charge in [-0.15, -0.1) is 0 Å². The largest absolute Gasteiger partial charge is 0.481 e. The number of carbonyl (C=O) groups is 1. The summed E-state index contributed by atoms with van der Waals surface area (Å²) < 4.78 is 37.3. The predicted molar refractivity (Wildman–Crippen MR) is 183 cm³/mol. The normalized spacial score (nSPS) is 19.6. The van der Waals surface area contributed by atoms with Gasteiger partial charge in [-0.05, 0) is 61.6 Å². The van der Waals surface area contributed by atoms with Gasteiger partial charge in [-0.2, -0.15) is 5.10 Å². The van der Waals surface area contributed by atoms with Crippen molar-refractivity contribution < 1.29 is 23.4 Å². The van der Waals surface area contributed by atoms with E-state index in [1.807, 2.05) is 30.3 Å². The lowest BCUT2D eigenvalue weighted by Gasteiger charge is -2.30. The van der Waals surface area contributed by atoms with E-state index in [4.69, 9.17) is 21.3 Å². The third kappa shape index (κ3) is 7.00. The molecule has 5 aromatic rings. The molecule has 6 rings (SSSR count). The van der Waals surface area contributed by atoms with Gasteiger partial charge < -0.3 is 25.6 Å². The number of ether oxygens (including phenoxy) is 1. The summed E-state index contributed by atoms with van der Waals surface area (Å²) in [6.45, 7) is 6.26. The number of fused-ring (bicyclic) bond motifs is 8. The van der Waals surface area contributed by atoms with Crippen LogP contribution in [0, 0.1) is 17.0 Å². The lowest BCUT2D eigenvalue weighted by Crippen LogP contribution is -2.30. The molecule has 1 aliphatic heterocycles. The van der Waals surface area contributed by atoms with Crippen LogP contribution in [0.15, 0.2) is 72.7 Å². The van der Waals surface area contributed by atoms with E-state index in [0.717, 1.165) is 35.8 Å². The molecule has 49 heavy (non-hydrogen) atoms. The van der Waals surface area contributed by atoms with Crippen LogP contribution < -0.4 is 16.3 Å². The number of aryl methyl sites for hydroxylation is 1. The first kappa shape index (κ1) is 33.7. The third-order valence-electron chi connectivity index (χ3n) is 9.62. The van der Waals surface area contributed by atoms with Gasteiger partial charge >= 0.3 is 5.97 Å². The average Bonchev–Trinajstić information content (AvgIpc) is 3.75. The van der Waals surface area contributed by atoms with Gasteiger partial charge in [0.25, 0.3) is 0 Å². The molecule has 4 bridgehead atoms. The fourth-order valence-electron chi connectivity index (χ4n) is 6.47. The minimum atomic E-state index is -0.866. The molecule has 256 valence electrons. The highest BCUT2D eigenvalue weighted by Crippen LogP contribution is 2.40.